The summed E-state index contributed by atoms with van der Waals surface area (Å²) in [6, 6.07) is 7.84. The Kier molecular flexibility index (Phi) is 6.73. The summed E-state index contributed by atoms with van der Waals surface area (Å²) in [6.07, 6.45) is 6.66. The van der Waals surface area contributed by atoms with Crippen molar-refractivity contribution in [2.24, 2.45) is 0 Å². The molecule has 3 N–H and O–H groups in total. The fraction of sp³-hybridized carbons (Fsp3) is 0.545. The molecule has 3 rings (SSSR count). The third-order valence-corrected chi connectivity index (χ3v) is 5.81. The maximum absolute atomic E-state index is 12.1. The Labute approximate surface area is 167 Å². The summed E-state index contributed by atoms with van der Waals surface area (Å²) in [5.41, 5.74) is 3.74. The van der Waals surface area contributed by atoms with Gasteiger partial charge < -0.3 is 20.6 Å². The number of hydrogen-bond donors (Lipinski definition) is 3. The maximum Gasteiger partial charge on any atom is 0.314 e. The van der Waals surface area contributed by atoms with E-state index in [4.69, 9.17) is 0 Å². The van der Waals surface area contributed by atoms with Gasteiger partial charge in [-0.1, -0.05) is 37.3 Å². The van der Waals surface area contributed by atoms with E-state index in [0.717, 1.165) is 24.8 Å². The highest BCUT2D eigenvalue weighted by atomic mass is 16.3. The van der Waals surface area contributed by atoms with Gasteiger partial charge in [-0.05, 0) is 42.4 Å². The van der Waals surface area contributed by atoms with Crippen LogP contribution in [0.5, 0.6) is 0 Å². The molecule has 0 radical (unpaired) electrons. The Bertz CT molecular complexity index is 729. The van der Waals surface area contributed by atoms with E-state index in [9.17, 15) is 14.7 Å². The normalized spacial score (nSPS) is 23.8. The number of allylic oxidation sites excluding steroid dienone is 2. The molecule has 2 aliphatic rings. The number of amides is 3. The van der Waals surface area contributed by atoms with Crippen LogP contribution in [0.1, 0.15) is 56.6 Å². The molecule has 0 spiro atoms. The first-order valence-electron chi connectivity index (χ1n) is 10.3. The van der Waals surface area contributed by atoms with Crippen molar-refractivity contribution < 1.29 is 14.7 Å². The topological polar surface area (TPSA) is 81.7 Å². The number of rotatable bonds is 7. The molecular formula is C22H31N3O3. The van der Waals surface area contributed by atoms with Gasteiger partial charge >= 0.3 is 6.03 Å². The van der Waals surface area contributed by atoms with Crippen molar-refractivity contribution in [1.82, 2.24) is 15.5 Å². The van der Waals surface area contributed by atoms with Gasteiger partial charge in [-0.2, -0.15) is 0 Å². The number of urea groups is 1. The van der Waals surface area contributed by atoms with Crippen LogP contribution in [0.3, 0.4) is 0 Å². The Morgan fingerprint density at radius 3 is 2.50 bits per heavy atom. The van der Waals surface area contributed by atoms with Gasteiger partial charge in [0.15, 0.2) is 0 Å². The Balaban J connectivity index is 1.73. The van der Waals surface area contributed by atoms with Crippen molar-refractivity contribution in [3.63, 3.8) is 0 Å². The number of aliphatic hydroxyl groups excluding tert-OH is 1. The zero-order valence-corrected chi connectivity index (χ0v) is 16.8. The third-order valence-electron chi connectivity index (χ3n) is 5.81. The van der Waals surface area contributed by atoms with E-state index in [2.05, 4.69) is 41.0 Å². The van der Waals surface area contributed by atoms with E-state index in [1.807, 2.05) is 6.92 Å². The molecule has 3 atom stereocenters. The summed E-state index contributed by atoms with van der Waals surface area (Å²) in [5, 5.41) is 15.5. The van der Waals surface area contributed by atoms with Crippen LogP contribution < -0.4 is 10.6 Å². The number of likely N-dealkylation sites (tertiary alicyclic amines) is 1. The Morgan fingerprint density at radius 1 is 1.18 bits per heavy atom. The number of nitrogens with zero attached hydrogens (tertiary/aromatic N) is 1. The number of hydrogen-bond acceptors (Lipinski definition) is 3. The predicted molar refractivity (Wildman–Crippen MR) is 110 cm³/mol. The minimum Gasteiger partial charge on any atom is -0.394 e. The number of carbonyl (C=O) groups is 2. The molecule has 1 aliphatic heterocycles. The van der Waals surface area contributed by atoms with E-state index < -0.39 is 0 Å². The second-order valence-corrected chi connectivity index (χ2v) is 7.65. The van der Waals surface area contributed by atoms with Gasteiger partial charge in [-0.25, -0.2) is 4.79 Å². The van der Waals surface area contributed by atoms with Crippen LogP contribution in [0.15, 0.2) is 30.3 Å². The second-order valence-electron chi connectivity index (χ2n) is 7.65. The van der Waals surface area contributed by atoms with Gasteiger partial charge in [-0.3, -0.25) is 4.79 Å². The van der Waals surface area contributed by atoms with Crippen LogP contribution in [0.2, 0.25) is 0 Å². The molecule has 152 valence electrons. The van der Waals surface area contributed by atoms with Crippen LogP contribution in [0.25, 0.3) is 5.57 Å². The molecule has 1 aromatic carbocycles. The molecule has 6 heteroatoms. The van der Waals surface area contributed by atoms with E-state index in [1.165, 1.54) is 24.5 Å². The first-order chi connectivity index (χ1) is 13.6. The van der Waals surface area contributed by atoms with Crippen molar-refractivity contribution >= 4 is 17.5 Å². The van der Waals surface area contributed by atoms with Crippen molar-refractivity contribution in [3.8, 4) is 0 Å². The van der Waals surface area contributed by atoms with Crippen LogP contribution in [-0.2, 0) is 4.79 Å². The van der Waals surface area contributed by atoms with Crippen molar-refractivity contribution in [1.29, 1.82) is 0 Å². The standard InChI is InChI=1S/C22H31N3O3/c1-3-12-23-22(28)24-13-19-21(20(14-26)25(19)15(2)27)18-10-8-17(9-11-18)16-6-4-5-7-16/h6,8-11,19-21,26H,3-5,7,12-14H2,1-2H3,(H2,23,24,28)/t19-,20+,21-/m0/s1. The van der Waals surface area contributed by atoms with Gasteiger partial charge in [0.2, 0.25) is 5.91 Å². The highest BCUT2D eigenvalue weighted by molar-refractivity contribution is 5.77. The molecular weight excluding hydrogens is 354 g/mol. The lowest BCUT2D eigenvalue weighted by molar-refractivity contribution is -0.147. The first-order valence-corrected chi connectivity index (χ1v) is 10.3. The largest absolute Gasteiger partial charge is 0.394 e. The molecule has 0 bridgehead atoms. The molecule has 1 aliphatic carbocycles. The summed E-state index contributed by atoms with van der Waals surface area (Å²) < 4.78 is 0. The molecule has 1 fully saturated rings. The second kappa shape index (κ2) is 9.24. The smallest absolute Gasteiger partial charge is 0.314 e. The molecule has 1 heterocycles. The van der Waals surface area contributed by atoms with Gasteiger partial charge in [0.05, 0.1) is 18.7 Å². The van der Waals surface area contributed by atoms with Gasteiger partial charge in [-0.15, -0.1) is 0 Å². The molecule has 6 nitrogen and oxygen atoms in total. The number of nitrogens with one attached hydrogen (secondary N) is 2. The van der Waals surface area contributed by atoms with E-state index in [-0.39, 0.29) is 36.5 Å². The summed E-state index contributed by atoms with van der Waals surface area (Å²) in [7, 11) is 0. The number of aliphatic hydroxyl groups is 1. The minimum absolute atomic E-state index is 0.00647. The van der Waals surface area contributed by atoms with Crippen LogP contribution in [0.4, 0.5) is 4.79 Å². The minimum atomic E-state index is -0.250. The van der Waals surface area contributed by atoms with E-state index >= 15 is 0 Å². The van der Waals surface area contributed by atoms with E-state index in [1.54, 1.807) is 4.90 Å². The van der Waals surface area contributed by atoms with E-state index in [0.29, 0.717) is 13.1 Å². The lowest BCUT2D eigenvalue weighted by Gasteiger charge is -2.54. The summed E-state index contributed by atoms with van der Waals surface area (Å²) in [6.45, 7) is 4.40. The van der Waals surface area contributed by atoms with Gasteiger partial charge in [0, 0.05) is 25.9 Å². The maximum atomic E-state index is 12.1. The lowest BCUT2D eigenvalue weighted by Crippen LogP contribution is -2.68. The molecule has 28 heavy (non-hydrogen) atoms. The third kappa shape index (κ3) is 4.22. The molecule has 1 aromatic rings. The summed E-state index contributed by atoms with van der Waals surface area (Å²) in [5.74, 6) is -0.0734. The summed E-state index contributed by atoms with van der Waals surface area (Å²) >= 11 is 0. The monoisotopic (exact) mass is 385 g/mol. The fourth-order valence-electron chi connectivity index (χ4n) is 4.44. The van der Waals surface area contributed by atoms with Crippen LogP contribution in [0, 0.1) is 0 Å². The Hall–Kier alpha value is -2.34. The zero-order chi connectivity index (χ0) is 20.1. The predicted octanol–water partition coefficient (Wildman–Crippen LogP) is 2.64. The molecule has 0 aromatic heterocycles. The lowest BCUT2D eigenvalue weighted by atomic mass is 9.74. The molecule has 3 amide bonds. The quantitative estimate of drug-likeness (QED) is 0.675. The van der Waals surface area contributed by atoms with Crippen molar-refractivity contribution in [3.05, 3.63) is 41.5 Å². The van der Waals surface area contributed by atoms with Crippen molar-refractivity contribution in [2.45, 2.75) is 57.5 Å². The highest BCUT2D eigenvalue weighted by Crippen LogP contribution is 2.41. The molecule has 0 unspecified atom stereocenters. The highest BCUT2D eigenvalue weighted by Gasteiger charge is 2.49. The number of benzene rings is 1. The average molecular weight is 386 g/mol. The average Bonchev–Trinajstić information content (AvgIpc) is 3.20. The van der Waals surface area contributed by atoms with Gasteiger partial charge in [0.25, 0.3) is 0 Å². The van der Waals surface area contributed by atoms with Crippen LogP contribution in [-0.4, -0.2) is 53.7 Å². The Morgan fingerprint density at radius 2 is 1.93 bits per heavy atom. The number of carbonyl (C=O) groups excluding carboxylic acids is 2. The molecule has 1 saturated heterocycles. The van der Waals surface area contributed by atoms with Gasteiger partial charge in [0.1, 0.15) is 0 Å². The summed E-state index contributed by atoms with van der Waals surface area (Å²) in [4.78, 5) is 25.7. The fourth-order valence-corrected chi connectivity index (χ4v) is 4.44. The molecule has 0 saturated carbocycles. The van der Waals surface area contributed by atoms with Crippen molar-refractivity contribution in [2.75, 3.05) is 19.7 Å². The first kappa shape index (κ1) is 20.4. The van der Waals surface area contributed by atoms with Crippen LogP contribution >= 0.6 is 0 Å². The SMILES string of the molecule is CCCNC(=O)NC[C@H]1[C@H](c2ccc(C3=CCCC3)cc2)[C@@H](CO)N1C(C)=O. The zero-order valence-electron chi connectivity index (χ0n) is 16.8.